The van der Waals surface area contributed by atoms with Gasteiger partial charge >= 0.3 is 12.1 Å². The van der Waals surface area contributed by atoms with Crippen molar-refractivity contribution in [3.63, 3.8) is 0 Å². The van der Waals surface area contributed by atoms with Gasteiger partial charge in [-0.1, -0.05) is 39.5 Å². The highest BCUT2D eigenvalue weighted by atomic mass is 32.2. The van der Waals surface area contributed by atoms with Crippen LogP contribution in [-0.2, 0) is 9.53 Å². The summed E-state index contributed by atoms with van der Waals surface area (Å²) >= 11 is 1.07. The Morgan fingerprint density at radius 1 is 1.15 bits per heavy atom. The number of halogens is 3. The largest absolute Gasteiger partial charge is 0.465 e. The number of hydrogen-bond donors (Lipinski definition) is 0. The fourth-order valence-corrected chi connectivity index (χ4v) is 2.75. The zero-order valence-electron chi connectivity index (χ0n) is 12.3. The molecule has 6 heteroatoms. The van der Waals surface area contributed by atoms with Gasteiger partial charge in [0.2, 0.25) is 0 Å². The van der Waals surface area contributed by atoms with E-state index in [1.165, 1.54) is 0 Å². The Kier molecular flexibility index (Phi) is 11.1. The Labute approximate surface area is 123 Å². The van der Waals surface area contributed by atoms with Crippen LogP contribution in [0.1, 0.15) is 58.8 Å². The van der Waals surface area contributed by atoms with Gasteiger partial charge in [-0.05, 0) is 12.8 Å². The summed E-state index contributed by atoms with van der Waals surface area (Å²) < 4.78 is 41.5. The smallest absolute Gasteiger partial charge is 0.389 e. The second-order valence-corrected chi connectivity index (χ2v) is 6.05. The lowest BCUT2D eigenvalue weighted by Gasteiger charge is -2.16. The first-order chi connectivity index (χ1) is 9.40. The van der Waals surface area contributed by atoms with Gasteiger partial charge in [-0.15, -0.1) is 11.8 Å². The van der Waals surface area contributed by atoms with Crippen LogP contribution >= 0.6 is 11.8 Å². The van der Waals surface area contributed by atoms with Crippen molar-refractivity contribution >= 4 is 17.7 Å². The Morgan fingerprint density at radius 3 is 2.35 bits per heavy atom. The number of hydrogen-bond acceptors (Lipinski definition) is 3. The molecule has 20 heavy (non-hydrogen) atoms. The molecule has 0 rings (SSSR count). The molecule has 0 saturated heterocycles. The minimum absolute atomic E-state index is 0.0802. The fourth-order valence-electron chi connectivity index (χ4n) is 1.58. The van der Waals surface area contributed by atoms with Gasteiger partial charge in [-0.25, -0.2) is 0 Å². The molecule has 0 bridgehead atoms. The number of rotatable bonds is 11. The van der Waals surface area contributed by atoms with Gasteiger partial charge in [0, 0.05) is 5.75 Å². The van der Waals surface area contributed by atoms with Gasteiger partial charge in [0.05, 0.1) is 13.0 Å². The van der Waals surface area contributed by atoms with Crippen LogP contribution < -0.4 is 0 Å². The van der Waals surface area contributed by atoms with Crippen molar-refractivity contribution in [2.75, 3.05) is 12.4 Å². The lowest BCUT2D eigenvalue weighted by atomic mass is 10.1. The normalized spacial score (nSPS) is 13.2. The van der Waals surface area contributed by atoms with E-state index in [-0.39, 0.29) is 11.7 Å². The number of esters is 1. The summed E-state index contributed by atoms with van der Waals surface area (Å²) in [6.45, 7) is 4.40. The summed E-state index contributed by atoms with van der Waals surface area (Å²) in [5.74, 6) is -0.440. The number of ether oxygens (including phenoxy) is 1. The maximum absolute atomic E-state index is 12.1. The first-order valence-corrected chi connectivity index (χ1v) is 8.30. The Balaban J connectivity index is 4.14. The molecule has 0 aromatic rings. The lowest BCUT2D eigenvalue weighted by Crippen LogP contribution is -2.22. The lowest BCUT2D eigenvalue weighted by molar-refractivity contribution is -0.143. The third kappa shape index (κ3) is 11.4. The SMILES string of the molecule is CCCCCC(SCCC(F)(F)F)C(=O)OCCCC. The maximum Gasteiger partial charge on any atom is 0.389 e. The molecule has 0 amide bonds. The van der Waals surface area contributed by atoms with Crippen molar-refractivity contribution in [3.05, 3.63) is 0 Å². The van der Waals surface area contributed by atoms with E-state index in [0.29, 0.717) is 13.0 Å². The number of unbranched alkanes of at least 4 members (excludes halogenated alkanes) is 3. The van der Waals surface area contributed by atoms with Crippen molar-refractivity contribution in [2.24, 2.45) is 0 Å². The molecule has 0 aliphatic carbocycles. The minimum Gasteiger partial charge on any atom is -0.465 e. The minimum atomic E-state index is -4.16. The topological polar surface area (TPSA) is 26.3 Å². The number of alkyl halides is 3. The molecule has 120 valence electrons. The van der Waals surface area contributed by atoms with Crippen LogP contribution in [-0.4, -0.2) is 29.8 Å². The van der Waals surface area contributed by atoms with Crippen LogP contribution in [0.2, 0.25) is 0 Å². The van der Waals surface area contributed by atoms with Gasteiger partial charge in [-0.2, -0.15) is 13.2 Å². The van der Waals surface area contributed by atoms with Crippen molar-refractivity contribution < 1.29 is 22.7 Å². The van der Waals surface area contributed by atoms with Gasteiger partial charge < -0.3 is 4.74 Å². The van der Waals surface area contributed by atoms with Gasteiger partial charge in [0.25, 0.3) is 0 Å². The van der Waals surface area contributed by atoms with Crippen LogP contribution in [0.3, 0.4) is 0 Å². The molecular weight excluding hydrogens is 289 g/mol. The highest BCUT2D eigenvalue weighted by molar-refractivity contribution is 8.00. The van der Waals surface area contributed by atoms with E-state index in [2.05, 4.69) is 0 Å². The van der Waals surface area contributed by atoms with E-state index in [1.807, 2.05) is 13.8 Å². The zero-order valence-corrected chi connectivity index (χ0v) is 13.1. The van der Waals surface area contributed by atoms with E-state index in [4.69, 9.17) is 4.74 Å². The van der Waals surface area contributed by atoms with Crippen LogP contribution in [0, 0.1) is 0 Å². The van der Waals surface area contributed by atoms with Gasteiger partial charge in [0.1, 0.15) is 5.25 Å². The van der Waals surface area contributed by atoms with Crippen molar-refractivity contribution in [2.45, 2.75) is 70.2 Å². The third-order valence-corrected chi connectivity index (χ3v) is 4.05. The maximum atomic E-state index is 12.1. The predicted octanol–water partition coefficient (Wildman–Crippen LogP) is 4.96. The standard InChI is InChI=1S/C14H25F3O2S/c1-3-5-7-8-12(13(18)19-10-6-4-2)20-11-9-14(15,16)17/h12H,3-11H2,1-2H3. The average Bonchev–Trinajstić information content (AvgIpc) is 2.36. The molecule has 0 aromatic carbocycles. The van der Waals surface area contributed by atoms with Crippen molar-refractivity contribution in [1.82, 2.24) is 0 Å². The quantitative estimate of drug-likeness (QED) is 0.398. The van der Waals surface area contributed by atoms with Crippen LogP contribution in [0.25, 0.3) is 0 Å². The summed E-state index contributed by atoms with van der Waals surface area (Å²) in [5.41, 5.74) is 0. The van der Waals surface area contributed by atoms with Crippen molar-refractivity contribution in [3.8, 4) is 0 Å². The summed E-state index contributed by atoms with van der Waals surface area (Å²) in [5, 5.41) is -0.458. The fraction of sp³-hybridized carbons (Fsp3) is 0.929. The molecule has 1 atom stereocenters. The summed E-state index contributed by atoms with van der Waals surface area (Å²) in [7, 11) is 0. The van der Waals surface area contributed by atoms with Crippen molar-refractivity contribution in [1.29, 1.82) is 0 Å². The number of carbonyl (C=O) groups is 1. The second-order valence-electron chi connectivity index (χ2n) is 4.74. The molecule has 2 nitrogen and oxygen atoms in total. The van der Waals surface area contributed by atoms with E-state index in [1.54, 1.807) is 0 Å². The highest BCUT2D eigenvalue weighted by Gasteiger charge is 2.28. The third-order valence-electron chi connectivity index (χ3n) is 2.78. The Hall–Kier alpha value is -0.390. The second kappa shape index (κ2) is 11.3. The summed E-state index contributed by atoms with van der Waals surface area (Å²) in [6.07, 6.45) is 0.153. The molecule has 0 spiro atoms. The Bertz CT molecular complexity index is 257. The first kappa shape index (κ1) is 19.6. The summed E-state index contributed by atoms with van der Waals surface area (Å²) in [4.78, 5) is 11.8. The zero-order chi connectivity index (χ0) is 15.4. The van der Waals surface area contributed by atoms with Crippen LogP contribution in [0.4, 0.5) is 13.2 Å². The molecule has 0 N–H and O–H groups in total. The van der Waals surface area contributed by atoms with E-state index < -0.39 is 17.8 Å². The van der Waals surface area contributed by atoms with E-state index >= 15 is 0 Å². The monoisotopic (exact) mass is 314 g/mol. The van der Waals surface area contributed by atoms with Crippen LogP contribution in [0.5, 0.6) is 0 Å². The first-order valence-electron chi connectivity index (χ1n) is 7.25. The highest BCUT2D eigenvalue weighted by Crippen LogP contribution is 2.26. The molecule has 1 unspecified atom stereocenters. The van der Waals surface area contributed by atoms with Crippen LogP contribution in [0.15, 0.2) is 0 Å². The molecule has 0 saturated carbocycles. The molecule has 0 fully saturated rings. The molecule has 0 aliphatic rings. The number of carbonyl (C=O) groups excluding carboxylic acids is 1. The Morgan fingerprint density at radius 2 is 1.80 bits per heavy atom. The summed E-state index contributed by atoms with van der Waals surface area (Å²) in [6, 6.07) is 0. The number of thioether (sulfide) groups is 1. The molecule has 0 aliphatic heterocycles. The van der Waals surface area contributed by atoms with Gasteiger partial charge in [-0.3, -0.25) is 4.79 Å². The molecule has 0 radical (unpaired) electrons. The van der Waals surface area contributed by atoms with E-state index in [9.17, 15) is 18.0 Å². The average molecular weight is 314 g/mol. The molecular formula is C14H25F3O2S. The van der Waals surface area contributed by atoms with Gasteiger partial charge in [0.15, 0.2) is 0 Å². The molecule has 0 heterocycles. The van der Waals surface area contributed by atoms with E-state index in [0.717, 1.165) is 43.9 Å². The predicted molar refractivity (Wildman–Crippen MR) is 76.9 cm³/mol. The molecule has 0 aromatic heterocycles.